The Bertz CT molecular complexity index is 1230. The molecule has 178 valence electrons. The number of amides is 1. The zero-order chi connectivity index (χ0) is 24.5. The molecule has 4 nitrogen and oxygen atoms in total. The van der Waals surface area contributed by atoms with Gasteiger partial charge in [-0.05, 0) is 67.6 Å². The maximum Gasteiger partial charge on any atom is 0.259 e. The molecule has 1 aromatic heterocycles. The normalized spacial score (nSPS) is 15.6. The Morgan fingerprint density at radius 1 is 1.06 bits per heavy atom. The van der Waals surface area contributed by atoms with Crippen molar-refractivity contribution in [1.82, 2.24) is 4.98 Å². The minimum absolute atomic E-state index is 0.0999. The predicted octanol–water partition coefficient (Wildman–Crippen LogP) is 6.69. The first-order valence-corrected chi connectivity index (χ1v) is 11.4. The van der Waals surface area contributed by atoms with Gasteiger partial charge in [-0.25, -0.2) is 18.2 Å². The lowest BCUT2D eigenvalue weighted by Crippen LogP contribution is -2.30. The highest BCUT2D eigenvalue weighted by molar-refractivity contribution is 6.09. The minimum atomic E-state index is -2.73. The third kappa shape index (κ3) is 5.08. The first kappa shape index (κ1) is 23.8. The molecule has 7 heteroatoms. The molecular formula is C27H28F3N3O. The van der Waals surface area contributed by atoms with Gasteiger partial charge in [0, 0.05) is 43.4 Å². The molecular weight excluding hydrogens is 439 g/mol. The first-order valence-electron chi connectivity index (χ1n) is 11.4. The Morgan fingerprint density at radius 3 is 2.59 bits per heavy atom. The number of aromatic nitrogens is 1. The molecule has 3 aromatic rings. The van der Waals surface area contributed by atoms with Gasteiger partial charge >= 0.3 is 0 Å². The van der Waals surface area contributed by atoms with Crippen molar-refractivity contribution in [2.75, 3.05) is 23.3 Å². The van der Waals surface area contributed by atoms with Gasteiger partial charge in [0.05, 0.1) is 5.56 Å². The fourth-order valence-corrected chi connectivity index (χ4v) is 4.34. The maximum atomic E-state index is 14.3. The van der Waals surface area contributed by atoms with E-state index in [0.29, 0.717) is 52.3 Å². The van der Waals surface area contributed by atoms with E-state index in [2.05, 4.69) is 10.3 Å². The van der Waals surface area contributed by atoms with Gasteiger partial charge in [0.25, 0.3) is 5.91 Å². The highest BCUT2D eigenvalue weighted by Crippen LogP contribution is 2.35. The highest BCUT2D eigenvalue weighted by Gasteiger charge is 2.33. The maximum absolute atomic E-state index is 14.3. The van der Waals surface area contributed by atoms with E-state index in [-0.39, 0.29) is 31.1 Å². The summed E-state index contributed by atoms with van der Waals surface area (Å²) in [5.74, 6) is -3.08. The number of aryl methyl sites for hydroxylation is 2. The van der Waals surface area contributed by atoms with Crippen LogP contribution in [0.5, 0.6) is 0 Å². The highest BCUT2D eigenvalue weighted by atomic mass is 19.3. The Kier molecular flexibility index (Phi) is 6.64. The molecule has 0 aliphatic carbocycles. The van der Waals surface area contributed by atoms with E-state index >= 15 is 0 Å². The van der Waals surface area contributed by atoms with Gasteiger partial charge in [0.2, 0.25) is 5.92 Å². The van der Waals surface area contributed by atoms with Gasteiger partial charge in [-0.3, -0.25) is 4.79 Å². The summed E-state index contributed by atoms with van der Waals surface area (Å²) in [5, 5.41) is 2.92. The van der Waals surface area contributed by atoms with Crippen molar-refractivity contribution in [3.05, 3.63) is 76.7 Å². The van der Waals surface area contributed by atoms with Crippen molar-refractivity contribution < 1.29 is 18.0 Å². The van der Waals surface area contributed by atoms with Crippen LogP contribution in [0.15, 0.2) is 48.7 Å². The number of carbonyl (C=O) groups excluding carboxylic acids is 1. The van der Waals surface area contributed by atoms with Gasteiger partial charge in [0.1, 0.15) is 11.6 Å². The SMILES string of the molecule is Cc1cccc(NC(=O)c2c(N3CCCC(F)(F)CC3)ncc(-c3ccc(C)c(F)c3)c2C)c1. The van der Waals surface area contributed by atoms with E-state index in [1.54, 1.807) is 43.1 Å². The summed E-state index contributed by atoms with van der Waals surface area (Å²) in [4.78, 5) is 19.8. The van der Waals surface area contributed by atoms with Gasteiger partial charge in [0.15, 0.2) is 0 Å². The van der Waals surface area contributed by atoms with Crippen LogP contribution in [0.1, 0.15) is 46.3 Å². The second-order valence-corrected chi connectivity index (χ2v) is 8.98. The fraction of sp³-hybridized carbons (Fsp3) is 0.333. The number of halogens is 3. The molecule has 0 radical (unpaired) electrons. The molecule has 0 atom stereocenters. The number of nitrogens with zero attached hydrogens (tertiary/aromatic N) is 2. The van der Waals surface area contributed by atoms with Crippen LogP contribution in [-0.2, 0) is 0 Å². The van der Waals surface area contributed by atoms with Crippen molar-refractivity contribution >= 4 is 17.4 Å². The van der Waals surface area contributed by atoms with Gasteiger partial charge in [-0.15, -0.1) is 0 Å². The van der Waals surface area contributed by atoms with Crippen molar-refractivity contribution in [1.29, 1.82) is 0 Å². The van der Waals surface area contributed by atoms with E-state index in [1.165, 1.54) is 6.07 Å². The second kappa shape index (κ2) is 9.49. The molecule has 2 heterocycles. The Hall–Kier alpha value is -3.35. The van der Waals surface area contributed by atoms with E-state index < -0.39 is 5.92 Å². The summed E-state index contributed by atoms with van der Waals surface area (Å²) in [6.07, 6.45) is 1.42. The number of carbonyl (C=O) groups is 1. The average molecular weight is 468 g/mol. The zero-order valence-corrected chi connectivity index (χ0v) is 19.6. The largest absolute Gasteiger partial charge is 0.356 e. The molecule has 0 unspecified atom stereocenters. The third-order valence-electron chi connectivity index (χ3n) is 6.32. The number of nitrogens with one attached hydrogen (secondary N) is 1. The van der Waals surface area contributed by atoms with Crippen LogP contribution in [0, 0.1) is 26.6 Å². The number of alkyl halides is 2. The molecule has 1 aliphatic heterocycles. The fourth-order valence-electron chi connectivity index (χ4n) is 4.34. The van der Waals surface area contributed by atoms with Crippen LogP contribution >= 0.6 is 0 Å². The Labute approximate surface area is 197 Å². The summed E-state index contributed by atoms with van der Waals surface area (Å²) >= 11 is 0. The second-order valence-electron chi connectivity index (χ2n) is 8.98. The zero-order valence-electron chi connectivity index (χ0n) is 19.6. The summed E-state index contributed by atoms with van der Waals surface area (Å²) in [7, 11) is 0. The summed E-state index contributed by atoms with van der Waals surface area (Å²) in [5.41, 5.74) is 4.30. The monoisotopic (exact) mass is 467 g/mol. The third-order valence-corrected chi connectivity index (χ3v) is 6.32. The topological polar surface area (TPSA) is 45.2 Å². The number of pyridine rings is 1. The quantitative estimate of drug-likeness (QED) is 0.465. The molecule has 34 heavy (non-hydrogen) atoms. The summed E-state index contributed by atoms with van der Waals surface area (Å²) < 4.78 is 42.3. The molecule has 0 saturated carbocycles. The molecule has 1 aliphatic rings. The van der Waals surface area contributed by atoms with Crippen LogP contribution in [0.3, 0.4) is 0 Å². The number of benzene rings is 2. The first-order chi connectivity index (χ1) is 16.1. The molecule has 2 aromatic carbocycles. The van der Waals surface area contributed by atoms with Gasteiger partial charge in [-0.1, -0.05) is 24.3 Å². The summed E-state index contributed by atoms with van der Waals surface area (Å²) in [6.45, 7) is 5.88. The number of hydrogen-bond donors (Lipinski definition) is 1. The lowest BCUT2D eigenvalue weighted by atomic mass is 9.96. The number of hydrogen-bond acceptors (Lipinski definition) is 3. The Morgan fingerprint density at radius 2 is 1.85 bits per heavy atom. The lowest BCUT2D eigenvalue weighted by Gasteiger charge is -2.26. The molecule has 1 N–H and O–H groups in total. The van der Waals surface area contributed by atoms with E-state index in [9.17, 15) is 18.0 Å². The minimum Gasteiger partial charge on any atom is -0.356 e. The van der Waals surface area contributed by atoms with Crippen molar-refractivity contribution in [2.24, 2.45) is 0 Å². The van der Waals surface area contributed by atoms with Crippen molar-refractivity contribution in [3.63, 3.8) is 0 Å². The van der Waals surface area contributed by atoms with Gasteiger partial charge < -0.3 is 10.2 Å². The predicted molar refractivity (Wildman–Crippen MR) is 129 cm³/mol. The van der Waals surface area contributed by atoms with Crippen LogP contribution in [0.4, 0.5) is 24.7 Å². The lowest BCUT2D eigenvalue weighted by molar-refractivity contribution is -0.0102. The van der Waals surface area contributed by atoms with E-state index in [1.807, 2.05) is 25.1 Å². The molecule has 1 fully saturated rings. The molecule has 4 rings (SSSR count). The molecule has 1 amide bonds. The number of anilines is 2. The molecule has 1 saturated heterocycles. The van der Waals surface area contributed by atoms with Crippen LogP contribution in [0.25, 0.3) is 11.1 Å². The van der Waals surface area contributed by atoms with Crippen LogP contribution in [0.2, 0.25) is 0 Å². The van der Waals surface area contributed by atoms with E-state index in [0.717, 1.165) is 5.56 Å². The standard InChI is InChI=1S/C27H28F3N3O/c1-17-6-4-7-21(14-17)32-26(34)24-19(3)22(20-9-8-18(2)23(28)15-20)16-31-25(24)33-12-5-10-27(29,30)11-13-33/h4,6-9,14-16H,5,10-13H2,1-3H3,(H,32,34). The molecule has 0 bridgehead atoms. The van der Waals surface area contributed by atoms with Crippen LogP contribution in [-0.4, -0.2) is 29.9 Å². The van der Waals surface area contributed by atoms with Crippen molar-refractivity contribution in [2.45, 2.75) is 46.0 Å². The van der Waals surface area contributed by atoms with Crippen LogP contribution < -0.4 is 10.2 Å². The number of rotatable bonds is 4. The van der Waals surface area contributed by atoms with Crippen molar-refractivity contribution in [3.8, 4) is 11.1 Å². The smallest absolute Gasteiger partial charge is 0.259 e. The van der Waals surface area contributed by atoms with E-state index in [4.69, 9.17) is 0 Å². The summed E-state index contributed by atoms with van der Waals surface area (Å²) in [6, 6.07) is 12.3. The average Bonchev–Trinajstić information content (AvgIpc) is 2.96. The Balaban J connectivity index is 1.79. The van der Waals surface area contributed by atoms with Gasteiger partial charge in [-0.2, -0.15) is 0 Å². The molecule has 0 spiro atoms.